The molecule has 0 aromatic heterocycles. The lowest BCUT2D eigenvalue weighted by Gasteiger charge is -2.27. The molecule has 6 heteroatoms. The van der Waals surface area contributed by atoms with Crippen molar-refractivity contribution in [2.45, 2.75) is 18.5 Å². The van der Waals surface area contributed by atoms with E-state index in [4.69, 9.17) is 0 Å². The summed E-state index contributed by atoms with van der Waals surface area (Å²) in [4.78, 5) is 27.5. The standard InChI is InChI=1S/C21H18BrN3O2/c22-16-8-4-7-14(9-16)18(11-23)24-20(26)19-17-10-15(17)12-25(19)21(27)13-5-2-1-3-6-13/h1-9,15,17-19H,10,12H2,(H,24,26)/t15-,17+,18?,19?/m0/s1. The fourth-order valence-corrected chi connectivity index (χ4v) is 4.28. The molecule has 2 unspecified atom stereocenters. The topological polar surface area (TPSA) is 73.2 Å². The summed E-state index contributed by atoms with van der Waals surface area (Å²) in [7, 11) is 0. The van der Waals surface area contributed by atoms with Gasteiger partial charge in [-0.25, -0.2) is 0 Å². The number of piperidine rings is 1. The minimum Gasteiger partial charge on any atom is -0.335 e. The van der Waals surface area contributed by atoms with Gasteiger partial charge in [0, 0.05) is 16.6 Å². The second kappa shape index (κ2) is 7.16. The number of hydrogen-bond acceptors (Lipinski definition) is 3. The number of nitriles is 1. The summed E-state index contributed by atoms with van der Waals surface area (Å²) in [6.07, 6.45) is 0.963. The van der Waals surface area contributed by atoms with Crippen LogP contribution in [0, 0.1) is 23.2 Å². The van der Waals surface area contributed by atoms with Crippen LogP contribution in [0.5, 0.6) is 0 Å². The van der Waals surface area contributed by atoms with Gasteiger partial charge in [-0.1, -0.05) is 46.3 Å². The van der Waals surface area contributed by atoms with Crippen LogP contribution in [0.25, 0.3) is 0 Å². The lowest BCUT2D eigenvalue weighted by Crippen LogP contribution is -2.49. The highest BCUT2D eigenvalue weighted by Crippen LogP contribution is 2.50. The van der Waals surface area contributed by atoms with Crippen molar-refractivity contribution < 1.29 is 9.59 Å². The van der Waals surface area contributed by atoms with Gasteiger partial charge in [0.1, 0.15) is 12.1 Å². The van der Waals surface area contributed by atoms with E-state index < -0.39 is 12.1 Å². The van der Waals surface area contributed by atoms with Crippen molar-refractivity contribution in [3.8, 4) is 6.07 Å². The number of fused-ring (bicyclic) bond motifs is 1. The Labute approximate surface area is 166 Å². The molecule has 27 heavy (non-hydrogen) atoms. The average molecular weight is 424 g/mol. The number of hydrogen-bond donors (Lipinski definition) is 1. The Kier molecular flexibility index (Phi) is 4.71. The number of nitrogens with one attached hydrogen (secondary N) is 1. The van der Waals surface area contributed by atoms with Crippen molar-refractivity contribution in [1.82, 2.24) is 10.2 Å². The second-order valence-electron chi connectivity index (χ2n) is 7.05. The smallest absolute Gasteiger partial charge is 0.254 e. The lowest BCUT2D eigenvalue weighted by atomic mass is 10.1. The Morgan fingerprint density at radius 2 is 1.96 bits per heavy atom. The number of likely N-dealkylation sites (tertiary alicyclic amines) is 1. The molecule has 2 amide bonds. The number of rotatable bonds is 4. The number of halogens is 1. The number of benzene rings is 2. The largest absolute Gasteiger partial charge is 0.335 e. The summed E-state index contributed by atoms with van der Waals surface area (Å²) in [6, 6.07) is 17.2. The van der Waals surface area contributed by atoms with Crippen molar-refractivity contribution in [3.63, 3.8) is 0 Å². The molecule has 4 atom stereocenters. The van der Waals surface area contributed by atoms with Gasteiger partial charge in [-0.3, -0.25) is 9.59 Å². The van der Waals surface area contributed by atoms with Gasteiger partial charge in [-0.2, -0.15) is 5.26 Å². The summed E-state index contributed by atoms with van der Waals surface area (Å²) in [5.74, 6) is 0.203. The first-order valence-electron chi connectivity index (χ1n) is 8.90. The molecule has 5 nitrogen and oxygen atoms in total. The van der Waals surface area contributed by atoms with Gasteiger partial charge in [0.25, 0.3) is 5.91 Å². The zero-order chi connectivity index (χ0) is 19.0. The van der Waals surface area contributed by atoms with Crippen LogP contribution in [0.1, 0.15) is 28.4 Å². The van der Waals surface area contributed by atoms with Gasteiger partial charge in [0.2, 0.25) is 5.91 Å². The van der Waals surface area contributed by atoms with Gasteiger partial charge in [-0.05, 0) is 48.1 Å². The zero-order valence-electron chi connectivity index (χ0n) is 14.5. The Morgan fingerprint density at radius 1 is 1.19 bits per heavy atom. The average Bonchev–Trinajstić information content (AvgIpc) is 3.35. The van der Waals surface area contributed by atoms with Crippen LogP contribution in [0.2, 0.25) is 0 Å². The van der Waals surface area contributed by atoms with Crippen molar-refractivity contribution in [3.05, 3.63) is 70.2 Å². The molecule has 1 saturated carbocycles. The monoisotopic (exact) mass is 423 g/mol. The molecular weight excluding hydrogens is 406 g/mol. The molecule has 1 heterocycles. The third-order valence-corrected chi connectivity index (χ3v) is 5.79. The maximum Gasteiger partial charge on any atom is 0.254 e. The van der Waals surface area contributed by atoms with Crippen molar-refractivity contribution >= 4 is 27.7 Å². The molecule has 2 fully saturated rings. The van der Waals surface area contributed by atoms with Crippen molar-refractivity contribution in [2.24, 2.45) is 11.8 Å². The normalized spacial score (nSPS) is 23.9. The fraction of sp³-hybridized carbons (Fsp3) is 0.286. The molecule has 1 aliphatic heterocycles. The number of amides is 2. The van der Waals surface area contributed by atoms with Gasteiger partial charge in [0.05, 0.1) is 6.07 Å². The van der Waals surface area contributed by atoms with Crippen LogP contribution in [0.15, 0.2) is 59.1 Å². The summed E-state index contributed by atoms with van der Waals surface area (Å²) in [5, 5.41) is 12.4. The minimum atomic E-state index is -0.749. The minimum absolute atomic E-state index is 0.126. The van der Waals surface area contributed by atoms with Crippen LogP contribution < -0.4 is 5.32 Å². The van der Waals surface area contributed by atoms with Gasteiger partial charge >= 0.3 is 0 Å². The van der Waals surface area contributed by atoms with Crippen LogP contribution >= 0.6 is 15.9 Å². The molecule has 2 aromatic rings. The second-order valence-corrected chi connectivity index (χ2v) is 7.97. The Bertz CT molecular complexity index is 925. The SMILES string of the molecule is N#CC(NC(=O)C1[C@@H]2C[C@H]2CN1C(=O)c1ccccc1)c1cccc(Br)c1. The molecule has 0 radical (unpaired) electrons. The Hall–Kier alpha value is -2.65. The zero-order valence-corrected chi connectivity index (χ0v) is 16.1. The Morgan fingerprint density at radius 3 is 2.67 bits per heavy atom. The van der Waals surface area contributed by atoms with Gasteiger partial charge in [-0.15, -0.1) is 0 Å². The van der Waals surface area contributed by atoms with E-state index in [0.717, 1.165) is 10.9 Å². The van der Waals surface area contributed by atoms with Gasteiger partial charge in [0.15, 0.2) is 0 Å². The molecule has 0 spiro atoms. The highest BCUT2D eigenvalue weighted by molar-refractivity contribution is 9.10. The number of carbonyl (C=O) groups is 2. The van der Waals surface area contributed by atoms with E-state index in [1.165, 1.54) is 0 Å². The molecule has 136 valence electrons. The van der Waals surface area contributed by atoms with E-state index in [9.17, 15) is 14.9 Å². The molecule has 0 bridgehead atoms. The molecule has 2 aliphatic rings. The van der Waals surface area contributed by atoms with E-state index in [0.29, 0.717) is 23.6 Å². The quantitative estimate of drug-likeness (QED) is 0.819. The summed E-state index contributed by atoms with van der Waals surface area (Å²) < 4.78 is 0.846. The first-order chi connectivity index (χ1) is 13.1. The third-order valence-electron chi connectivity index (χ3n) is 5.30. The molecular formula is C21H18BrN3O2. The first kappa shape index (κ1) is 17.7. The van der Waals surface area contributed by atoms with Crippen LogP contribution in [-0.2, 0) is 4.79 Å². The molecule has 2 aromatic carbocycles. The van der Waals surface area contributed by atoms with E-state index >= 15 is 0 Å². The summed E-state index contributed by atoms with van der Waals surface area (Å²) in [5.41, 5.74) is 1.30. The molecule has 4 rings (SSSR count). The first-order valence-corrected chi connectivity index (χ1v) is 9.69. The van der Waals surface area contributed by atoms with E-state index in [-0.39, 0.29) is 17.7 Å². The van der Waals surface area contributed by atoms with Crippen molar-refractivity contribution in [2.75, 3.05) is 6.54 Å². The molecule has 1 saturated heterocycles. The van der Waals surface area contributed by atoms with E-state index in [2.05, 4.69) is 27.3 Å². The van der Waals surface area contributed by atoms with Crippen LogP contribution in [-0.4, -0.2) is 29.3 Å². The van der Waals surface area contributed by atoms with Crippen molar-refractivity contribution in [1.29, 1.82) is 5.26 Å². The maximum atomic E-state index is 13.0. The fourth-order valence-electron chi connectivity index (χ4n) is 3.86. The van der Waals surface area contributed by atoms with E-state index in [1.54, 1.807) is 23.1 Å². The molecule has 1 N–H and O–H groups in total. The summed E-state index contributed by atoms with van der Waals surface area (Å²) in [6.45, 7) is 0.602. The Balaban J connectivity index is 1.53. The number of nitrogens with zero attached hydrogens (tertiary/aromatic N) is 2. The highest BCUT2D eigenvalue weighted by Gasteiger charge is 2.57. The lowest BCUT2D eigenvalue weighted by molar-refractivity contribution is -0.126. The molecule has 1 aliphatic carbocycles. The van der Waals surface area contributed by atoms with E-state index in [1.807, 2.05) is 36.4 Å². The summed E-state index contributed by atoms with van der Waals surface area (Å²) >= 11 is 3.39. The van der Waals surface area contributed by atoms with Crippen LogP contribution in [0.4, 0.5) is 0 Å². The predicted molar refractivity (Wildman–Crippen MR) is 104 cm³/mol. The predicted octanol–water partition coefficient (Wildman–Crippen LogP) is 3.29. The van der Waals surface area contributed by atoms with Crippen LogP contribution in [0.3, 0.4) is 0 Å². The maximum absolute atomic E-state index is 13.0. The third kappa shape index (κ3) is 3.47. The number of carbonyl (C=O) groups excluding carboxylic acids is 2. The highest BCUT2D eigenvalue weighted by atomic mass is 79.9. The van der Waals surface area contributed by atoms with Gasteiger partial charge < -0.3 is 10.2 Å².